The van der Waals surface area contributed by atoms with E-state index in [0.717, 1.165) is 29.2 Å². The van der Waals surface area contributed by atoms with Crippen molar-refractivity contribution < 1.29 is 14.2 Å². The predicted molar refractivity (Wildman–Crippen MR) is 75.2 cm³/mol. The maximum atomic E-state index is 5.40. The van der Waals surface area contributed by atoms with Crippen LogP contribution in [0.15, 0.2) is 24.5 Å². The molecule has 0 fully saturated rings. The lowest BCUT2D eigenvalue weighted by molar-refractivity contribution is 0.366. The lowest BCUT2D eigenvalue weighted by Crippen LogP contribution is -2.14. The van der Waals surface area contributed by atoms with Gasteiger partial charge in [-0.15, -0.1) is 0 Å². The molecule has 2 N–H and O–H groups in total. The second-order valence-electron chi connectivity index (χ2n) is 4.22. The molecule has 0 radical (unpaired) electrons. The highest BCUT2D eigenvalue weighted by Crippen LogP contribution is 2.33. The number of hydrogen-bond acceptors (Lipinski definition) is 5. The summed E-state index contributed by atoms with van der Waals surface area (Å²) in [6.45, 7) is 1.34. The summed E-state index contributed by atoms with van der Waals surface area (Å²) in [5, 5.41) is 10.0. The fourth-order valence-electron chi connectivity index (χ4n) is 1.96. The van der Waals surface area contributed by atoms with Crippen LogP contribution >= 0.6 is 0 Å². The van der Waals surface area contributed by atoms with Gasteiger partial charge in [0, 0.05) is 37.0 Å². The molecule has 0 unspecified atom stereocenters. The van der Waals surface area contributed by atoms with E-state index in [0.29, 0.717) is 12.3 Å². The van der Waals surface area contributed by atoms with Crippen molar-refractivity contribution in [3.05, 3.63) is 35.7 Å². The van der Waals surface area contributed by atoms with Crippen LogP contribution in [0.5, 0.6) is 17.2 Å². The molecular weight excluding hydrogens is 258 g/mol. The van der Waals surface area contributed by atoms with Crippen molar-refractivity contribution in [1.82, 2.24) is 15.5 Å². The van der Waals surface area contributed by atoms with Crippen molar-refractivity contribution in [3.8, 4) is 17.2 Å². The van der Waals surface area contributed by atoms with Gasteiger partial charge < -0.3 is 19.5 Å². The lowest BCUT2D eigenvalue weighted by atomic mass is 10.1. The predicted octanol–water partition coefficient (Wildman–Crippen LogP) is 1.73. The van der Waals surface area contributed by atoms with Crippen LogP contribution in [0.2, 0.25) is 0 Å². The summed E-state index contributed by atoms with van der Waals surface area (Å²) in [7, 11) is 4.88. The molecule has 0 spiro atoms. The van der Waals surface area contributed by atoms with E-state index in [4.69, 9.17) is 14.2 Å². The van der Waals surface area contributed by atoms with Gasteiger partial charge in [0.05, 0.1) is 33.1 Å². The highest BCUT2D eigenvalue weighted by molar-refractivity contribution is 5.50. The number of hydrogen-bond donors (Lipinski definition) is 2. The van der Waals surface area contributed by atoms with Crippen molar-refractivity contribution in [2.24, 2.45) is 0 Å². The third-order valence-electron chi connectivity index (χ3n) is 3.00. The Hall–Kier alpha value is -2.21. The van der Waals surface area contributed by atoms with E-state index in [1.165, 1.54) is 0 Å². The molecule has 0 aliphatic rings. The molecule has 2 aromatic rings. The molecular formula is C14H19N3O3. The molecule has 0 saturated heterocycles. The van der Waals surface area contributed by atoms with Gasteiger partial charge in [-0.3, -0.25) is 5.10 Å². The number of methoxy groups -OCH3 is 3. The van der Waals surface area contributed by atoms with Crippen LogP contribution in [0.1, 0.15) is 11.1 Å². The third kappa shape index (κ3) is 3.21. The number of benzene rings is 1. The molecule has 0 saturated carbocycles. The van der Waals surface area contributed by atoms with Gasteiger partial charge in [-0.05, 0) is 0 Å². The van der Waals surface area contributed by atoms with Crippen molar-refractivity contribution in [3.63, 3.8) is 0 Å². The summed E-state index contributed by atoms with van der Waals surface area (Å²) < 4.78 is 16.0. The lowest BCUT2D eigenvalue weighted by Gasteiger charge is -2.15. The van der Waals surface area contributed by atoms with Gasteiger partial charge in [0.25, 0.3) is 0 Å². The van der Waals surface area contributed by atoms with E-state index >= 15 is 0 Å². The Bertz CT molecular complexity index is 516. The number of ether oxygens (including phenoxy) is 3. The van der Waals surface area contributed by atoms with Gasteiger partial charge in [0.2, 0.25) is 0 Å². The van der Waals surface area contributed by atoms with Crippen LogP contribution in [0.3, 0.4) is 0 Å². The van der Waals surface area contributed by atoms with Crippen LogP contribution in [-0.2, 0) is 13.1 Å². The van der Waals surface area contributed by atoms with Gasteiger partial charge in [-0.1, -0.05) is 0 Å². The zero-order valence-electron chi connectivity index (χ0n) is 11.9. The summed E-state index contributed by atoms with van der Waals surface area (Å²) >= 11 is 0. The Morgan fingerprint density at radius 2 is 1.75 bits per heavy atom. The van der Waals surface area contributed by atoms with Gasteiger partial charge in [-0.2, -0.15) is 5.10 Å². The first-order valence-electron chi connectivity index (χ1n) is 6.25. The Kier molecular flexibility index (Phi) is 4.84. The molecule has 108 valence electrons. The highest BCUT2D eigenvalue weighted by atomic mass is 16.5. The monoisotopic (exact) mass is 277 g/mol. The average molecular weight is 277 g/mol. The summed E-state index contributed by atoms with van der Waals surface area (Å²) in [6, 6.07) is 3.69. The molecule has 20 heavy (non-hydrogen) atoms. The number of H-pyrrole nitrogens is 1. The van der Waals surface area contributed by atoms with E-state index in [2.05, 4.69) is 15.5 Å². The van der Waals surface area contributed by atoms with Gasteiger partial charge in [0.1, 0.15) is 17.2 Å². The Morgan fingerprint density at radius 1 is 1.05 bits per heavy atom. The summed E-state index contributed by atoms with van der Waals surface area (Å²) in [5.41, 5.74) is 2.05. The van der Waals surface area contributed by atoms with Crippen molar-refractivity contribution in [2.75, 3.05) is 21.3 Å². The molecule has 0 amide bonds. The average Bonchev–Trinajstić information content (AvgIpc) is 3.00. The number of aromatic nitrogens is 2. The maximum absolute atomic E-state index is 5.40. The molecule has 0 aliphatic heterocycles. The summed E-state index contributed by atoms with van der Waals surface area (Å²) in [4.78, 5) is 0. The first kappa shape index (κ1) is 14.2. The minimum Gasteiger partial charge on any atom is -0.496 e. The minimum atomic E-state index is 0.627. The van der Waals surface area contributed by atoms with Gasteiger partial charge in [-0.25, -0.2) is 0 Å². The fourth-order valence-corrected chi connectivity index (χ4v) is 1.96. The number of nitrogens with one attached hydrogen (secondary N) is 2. The summed E-state index contributed by atoms with van der Waals surface area (Å²) in [6.07, 6.45) is 3.64. The molecule has 6 nitrogen and oxygen atoms in total. The number of rotatable bonds is 7. The normalized spacial score (nSPS) is 10.3. The van der Waals surface area contributed by atoms with Crippen LogP contribution in [0.25, 0.3) is 0 Å². The first-order chi connectivity index (χ1) is 9.78. The topological polar surface area (TPSA) is 68.4 Å². The standard InChI is InChI=1S/C14H19N3O3/c1-18-11-4-13(19-2)12(14(5-11)20-3)9-15-6-10-7-16-17-8-10/h4-5,7-8,15H,6,9H2,1-3H3,(H,16,17). The number of aromatic amines is 1. The van der Waals surface area contributed by atoms with Crippen molar-refractivity contribution in [2.45, 2.75) is 13.1 Å². The molecule has 1 aromatic carbocycles. The SMILES string of the molecule is COc1cc(OC)c(CNCc2cn[nH]c2)c(OC)c1. The quantitative estimate of drug-likeness (QED) is 0.806. The van der Waals surface area contributed by atoms with Gasteiger partial charge in [0.15, 0.2) is 0 Å². The van der Waals surface area contributed by atoms with E-state index < -0.39 is 0 Å². The number of nitrogens with zero attached hydrogens (tertiary/aromatic N) is 1. The Morgan fingerprint density at radius 3 is 2.25 bits per heavy atom. The van der Waals surface area contributed by atoms with Crippen molar-refractivity contribution >= 4 is 0 Å². The molecule has 1 heterocycles. The maximum Gasteiger partial charge on any atom is 0.130 e. The fraction of sp³-hybridized carbons (Fsp3) is 0.357. The van der Waals surface area contributed by atoms with E-state index in [9.17, 15) is 0 Å². The van der Waals surface area contributed by atoms with Crippen LogP contribution in [0, 0.1) is 0 Å². The third-order valence-corrected chi connectivity index (χ3v) is 3.00. The smallest absolute Gasteiger partial charge is 0.130 e. The molecule has 0 atom stereocenters. The Balaban J connectivity index is 2.12. The summed E-state index contributed by atoms with van der Waals surface area (Å²) in [5.74, 6) is 2.18. The largest absolute Gasteiger partial charge is 0.496 e. The van der Waals surface area contributed by atoms with Crippen molar-refractivity contribution in [1.29, 1.82) is 0 Å². The van der Waals surface area contributed by atoms with Crippen LogP contribution < -0.4 is 19.5 Å². The van der Waals surface area contributed by atoms with E-state index in [1.807, 2.05) is 18.3 Å². The molecule has 6 heteroatoms. The molecule has 0 aliphatic carbocycles. The second-order valence-corrected chi connectivity index (χ2v) is 4.22. The molecule has 0 bridgehead atoms. The first-order valence-corrected chi connectivity index (χ1v) is 6.25. The second kappa shape index (κ2) is 6.81. The highest BCUT2D eigenvalue weighted by Gasteiger charge is 2.12. The zero-order valence-corrected chi connectivity index (χ0v) is 11.9. The van der Waals surface area contributed by atoms with Gasteiger partial charge >= 0.3 is 0 Å². The van der Waals surface area contributed by atoms with Crippen LogP contribution in [-0.4, -0.2) is 31.5 Å². The van der Waals surface area contributed by atoms with Crippen LogP contribution in [0.4, 0.5) is 0 Å². The molecule has 2 rings (SSSR count). The van der Waals surface area contributed by atoms with E-state index in [-0.39, 0.29) is 0 Å². The molecule has 1 aromatic heterocycles. The van der Waals surface area contributed by atoms with E-state index in [1.54, 1.807) is 27.5 Å². The Labute approximate surface area is 118 Å². The minimum absolute atomic E-state index is 0.627. The zero-order chi connectivity index (χ0) is 14.4.